The van der Waals surface area contributed by atoms with E-state index in [0.29, 0.717) is 12.4 Å². The smallest absolute Gasteiger partial charge is 0.322 e. The number of carbonyl (C=O) groups is 1. The number of nitrogens with zero attached hydrogens (tertiary/aromatic N) is 3. The third-order valence-electron chi connectivity index (χ3n) is 1.93. The normalized spacial score (nSPS) is 10.8. The Morgan fingerprint density at radius 1 is 1.50 bits per heavy atom. The highest BCUT2D eigenvalue weighted by molar-refractivity contribution is 5.90. The van der Waals surface area contributed by atoms with Gasteiger partial charge in [-0.2, -0.15) is 0 Å². The number of likely N-dealkylation sites (N-methyl/N-ethyl adjacent to an activating group) is 2. The minimum absolute atomic E-state index is 0.143. The van der Waals surface area contributed by atoms with Crippen molar-refractivity contribution in [3.05, 3.63) is 5.89 Å². The first-order valence-corrected chi connectivity index (χ1v) is 5.05. The fourth-order valence-corrected chi connectivity index (χ4v) is 1.13. The van der Waals surface area contributed by atoms with Crippen molar-refractivity contribution in [3.63, 3.8) is 0 Å². The average Bonchev–Trinajstić information content (AvgIpc) is 2.60. The first-order chi connectivity index (χ1) is 7.61. The van der Waals surface area contributed by atoms with E-state index in [4.69, 9.17) is 4.42 Å². The fourth-order valence-electron chi connectivity index (χ4n) is 1.13. The maximum absolute atomic E-state index is 11.5. The zero-order valence-electron chi connectivity index (χ0n) is 9.78. The second kappa shape index (κ2) is 6.19. The van der Waals surface area contributed by atoms with Gasteiger partial charge >= 0.3 is 6.01 Å². The highest BCUT2D eigenvalue weighted by Crippen LogP contribution is 2.03. The monoisotopic (exact) mass is 227 g/mol. The van der Waals surface area contributed by atoms with Crippen molar-refractivity contribution in [2.24, 2.45) is 0 Å². The van der Waals surface area contributed by atoms with Crippen molar-refractivity contribution >= 4 is 11.9 Å². The van der Waals surface area contributed by atoms with E-state index < -0.39 is 0 Å². The quantitative estimate of drug-likeness (QED) is 0.679. The molecule has 0 aliphatic carbocycles. The molecule has 1 amide bonds. The zero-order chi connectivity index (χ0) is 12.0. The Morgan fingerprint density at radius 2 is 2.25 bits per heavy atom. The van der Waals surface area contributed by atoms with Crippen LogP contribution in [0.25, 0.3) is 0 Å². The Morgan fingerprint density at radius 3 is 2.81 bits per heavy atom. The first kappa shape index (κ1) is 12.6. The lowest BCUT2D eigenvalue weighted by molar-refractivity contribution is -0.117. The van der Waals surface area contributed by atoms with Crippen molar-refractivity contribution in [3.8, 4) is 0 Å². The van der Waals surface area contributed by atoms with Crippen molar-refractivity contribution in [2.75, 3.05) is 39.0 Å². The number of hydrogen-bond donors (Lipinski definition) is 2. The third-order valence-corrected chi connectivity index (χ3v) is 1.93. The highest BCUT2D eigenvalue weighted by atomic mass is 16.4. The topological polar surface area (TPSA) is 83.3 Å². The third kappa shape index (κ3) is 4.37. The summed E-state index contributed by atoms with van der Waals surface area (Å²) in [5.41, 5.74) is 0. The van der Waals surface area contributed by atoms with Gasteiger partial charge in [0.05, 0.1) is 6.54 Å². The van der Waals surface area contributed by atoms with Gasteiger partial charge in [0.25, 0.3) is 0 Å². The number of rotatable bonds is 6. The van der Waals surface area contributed by atoms with Crippen LogP contribution in [0.1, 0.15) is 5.89 Å². The van der Waals surface area contributed by atoms with Crippen LogP contribution in [-0.4, -0.2) is 54.7 Å². The molecule has 16 heavy (non-hydrogen) atoms. The summed E-state index contributed by atoms with van der Waals surface area (Å²) in [5, 5.41) is 12.8. The van der Waals surface area contributed by atoms with Crippen LogP contribution in [0.5, 0.6) is 0 Å². The van der Waals surface area contributed by atoms with E-state index in [-0.39, 0.29) is 11.9 Å². The van der Waals surface area contributed by atoms with Gasteiger partial charge in [0.15, 0.2) is 0 Å². The van der Waals surface area contributed by atoms with E-state index in [1.165, 1.54) is 0 Å². The number of aryl methyl sites for hydroxylation is 1. The minimum atomic E-state index is -0.165. The molecule has 7 nitrogen and oxygen atoms in total. The standard InChI is InChI=1S/C9H17N5O2/c1-7-12-13-9(16-7)11-8(15)6-14(3)5-4-10-2/h10H,4-6H2,1-3H3,(H,11,13,15). The Balaban J connectivity index is 2.30. The number of aromatic nitrogens is 2. The van der Waals surface area contributed by atoms with Crippen LogP contribution in [0.4, 0.5) is 6.01 Å². The van der Waals surface area contributed by atoms with Crippen LogP contribution in [0, 0.1) is 6.92 Å². The molecule has 0 aliphatic heterocycles. The summed E-state index contributed by atoms with van der Waals surface area (Å²) < 4.78 is 5.03. The highest BCUT2D eigenvalue weighted by Gasteiger charge is 2.09. The van der Waals surface area contributed by atoms with E-state index in [1.54, 1.807) is 6.92 Å². The second-order valence-corrected chi connectivity index (χ2v) is 3.52. The molecule has 2 N–H and O–H groups in total. The molecule has 7 heteroatoms. The molecule has 1 heterocycles. The van der Waals surface area contributed by atoms with Crippen molar-refractivity contribution in [2.45, 2.75) is 6.92 Å². The van der Waals surface area contributed by atoms with Gasteiger partial charge in [-0.15, -0.1) is 5.10 Å². The van der Waals surface area contributed by atoms with Gasteiger partial charge in [0, 0.05) is 20.0 Å². The van der Waals surface area contributed by atoms with Gasteiger partial charge in [0.1, 0.15) is 0 Å². The maximum Gasteiger partial charge on any atom is 0.322 e. The lowest BCUT2D eigenvalue weighted by Gasteiger charge is -2.14. The Bertz CT molecular complexity index is 338. The summed E-state index contributed by atoms with van der Waals surface area (Å²) in [6, 6.07) is 0.143. The van der Waals surface area contributed by atoms with Gasteiger partial charge in [0.2, 0.25) is 11.8 Å². The number of amides is 1. The van der Waals surface area contributed by atoms with Crippen molar-refractivity contribution in [1.82, 2.24) is 20.4 Å². The van der Waals surface area contributed by atoms with Gasteiger partial charge in [-0.05, 0) is 14.1 Å². The molecule has 0 saturated carbocycles. The van der Waals surface area contributed by atoms with E-state index in [1.807, 2.05) is 19.0 Å². The van der Waals surface area contributed by atoms with E-state index in [2.05, 4.69) is 20.8 Å². The molecule has 0 bridgehead atoms. The molecular weight excluding hydrogens is 210 g/mol. The first-order valence-electron chi connectivity index (χ1n) is 5.05. The van der Waals surface area contributed by atoms with Crippen LogP contribution in [0.2, 0.25) is 0 Å². The van der Waals surface area contributed by atoms with Crippen molar-refractivity contribution < 1.29 is 9.21 Å². The average molecular weight is 227 g/mol. The number of carbonyl (C=O) groups excluding carboxylic acids is 1. The summed E-state index contributed by atoms with van der Waals surface area (Å²) in [5.74, 6) is 0.265. The predicted molar refractivity (Wildman–Crippen MR) is 59.1 cm³/mol. The molecule has 90 valence electrons. The minimum Gasteiger partial charge on any atom is -0.408 e. The number of nitrogens with one attached hydrogen (secondary N) is 2. The van der Waals surface area contributed by atoms with Crippen molar-refractivity contribution in [1.29, 1.82) is 0 Å². The second-order valence-electron chi connectivity index (χ2n) is 3.52. The van der Waals surface area contributed by atoms with Crippen LogP contribution < -0.4 is 10.6 Å². The van der Waals surface area contributed by atoms with Crippen LogP contribution in [0.15, 0.2) is 4.42 Å². The molecule has 0 aliphatic rings. The largest absolute Gasteiger partial charge is 0.408 e. The van der Waals surface area contributed by atoms with Gasteiger partial charge < -0.3 is 9.73 Å². The fraction of sp³-hybridized carbons (Fsp3) is 0.667. The number of anilines is 1. The van der Waals surface area contributed by atoms with Crippen LogP contribution in [-0.2, 0) is 4.79 Å². The Hall–Kier alpha value is -1.47. The SMILES string of the molecule is CNCCN(C)CC(=O)Nc1nnc(C)o1. The van der Waals surface area contributed by atoms with Gasteiger partial charge in [-0.3, -0.25) is 15.0 Å². The van der Waals surface area contributed by atoms with Crippen LogP contribution >= 0.6 is 0 Å². The zero-order valence-corrected chi connectivity index (χ0v) is 9.78. The van der Waals surface area contributed by atoms with E-state index in [0.717, 1.165) is 13.1 Å². The summed E-state index contributed by atoms with van der Waals surface area (Å²) >= 11 is 0. The van der Waals surface area contributed by atoms with Crippen LogP contribution in [0.3, 0.4) is 0 Å². The molecular formula is C9H17N5O2. The Kier molecular flexibility index (Phi) is 4.87. The summed E-state index contributed by atoms with van der Waals surface area (Å²) in [4.78, 5) is 13.4. The molecule has 1 aromatic heterocycles. The maximum atomic E-state index is 11.5. The lowest BCUT2D eigenvalue weighted by Crippen LogP contribution is -2.34. The van der Waals surface area contributed by atoms with E-state index >= 15 is 0 Å². The predicted octanol–water partition coefficient (Wildman–Crippen LogP) is -0.532. The van der Waals surface area contributed by atoms with Gasteiger partial charge in [-0.1, -0.05) is 5.10 Å². The molecule has 1 aromatic rings. The molecule has 0 spiro atoms. The summed E-state index contributed by atoms with van der Waals surface area (Å²) in [6.45, 7) is 3.60. The molecule has 0 aromatic carbocycles. The summed E-state index contributed by atoms with van der Waals surface area (Å²) in [7, 11) is 3.74. The molecule has 0 radical (unpaired) electrons. The Labute approximate surface area is 94.2 Å². The molecule has 1 rings (SSSR count). The summed E-state index contributed by atoms with van der Waals surface area (Å²) in [6.07, 6.45) is 0. The van der Waals surface area contributed by atoms with Gasteiger partial charge in [-0.25, -0.2) is 0 Å². The number of hydrogen-bond acceptors (Lipinski definition) is 6. The molecule has 0 atom stereocenters. The van der Waals surface area contributed by atoms with E-state index in [9.17, 15) is 4.79 Å². The molecule has 0 fully saturated rings. The molecule has 0 saturated heterocycles. The molecule has 0 unspecified atom stereocenters. The lowest BCUT2D eigenvalue weighted by atomic mass is 10.5.